The maximum atomic E-state index is 11.6. The van der Waals surface area contributed by atoms with Crippen molar-refractivity contribution in [3.8, 4) is 0 Å². The number of pyridine rings is 3. The van der Waals surface area contributed by atoms with Crippen LogP contribution in [0.5, 0.6) is 0 Å². The van der Waals surface area contributed by atoms with Gasteiger partial charge in [-0.3, -0.25) is 34.8 Å². The zero-order valence-electron chi connectivity index (χ0n) is 31.2. The predicted molar refractivity (Wildman–Crippen MR) is 192 cm³/mol. The largest absolute Gasteiger partial charge is 2.00 e. The first kappa shape index (κ1) is 54.7. The number of carbonyl (C=O) groups excluding carboxylic acids is 3. The Bertz CT molecular complexity index is 1910. The van der Waals surface area contributed by atoms with Gasteiger partial charge >= 0.3 is 46.0 Å². The second kappa shape index (κ2) is 26.1. The molecule has 1 radical (unpaired) electrons. The molecule has 0 spiro atoms. The van der Waals surface area contributed by atoms with Gasteiger partial charge in [0, 0.05) is 56.9 Å². The van der Waals surface area contributed by atoms with Crippen molar-refractivity contribution < 1.29 is 97.9 Å². The summed E-state index contributed by atoms with van der Waals surface area (Å²) >= 11 is 0. The van der Waals surface area contributed by atoms with Crippen LogP contribution in [0.15, 0.2) is 70.0 Å². The van der Waals surface area contributed by atoms with Crippen molar-refractivity contribution in [2.75, 3.05) is 60.6 Å². The van der Waals surface area contributed by atoms with E-state index >= 15 is 0 Å². The van der Waals surface area contributed by atoms with Crippen molar-refractivity contribution in [2.45, 2.75) is 11.0 Å². The van der Waals surface area contributed by atoms with Crippen LogP contribution in [0, 0.1) is 0 Å². The molecular weight excluding hydrogens is 907 g/mol. The Kier molecular flexibility index (Phi) is 23.8. The number of rotatable bonds is 15. The van der Waals surface area contributed by atoms with Crippen LogP contribution in [0.2, 0.25) is 0 Å². The molecule has 28 heteroatoms. The first-order valence-electron chi connectivity index (χ1n) is 15.8. The molecule has 60 heavy (non-hydrogen) atoms. The van der Waals surface area contributed by atoms with Crippen LogP contribution < -0.4 is 0 Å². The Morgan fingerprint density at radius 2 is 0.817 bits per heavy atom. The second-order valence-corrected chi connectivity index (χ2v) is 13.4. The minimum absolute atomic E-state index is 0. The van der Waals surface area contributed by atoms with Gasteiger partial charge in [0.25, 0.3) is 0 Å². The molecule has 0 saturated heterocycles. The number of aliphatic imine (C=N–C) groups is 3. The molecule has 3 aromatic rings. The molecule has 0 aromatic carbocycles. The molecule has 3 aromatic heterocycles. The van der Waals surface area contributed by atoms with Crippen molar-refractivity contribution in [3.63, 3.8) is 0 Å². The molecule has 0 unspecified atom stereocenters. The van der Waals surface area contributed by atoms with E-state index in [1.165, 1.54) is 39.9 Å². The number of carbonyl (C=O) groups is 3. The Hall–Kier alpha value is -5.25. The predicted octanol–water partition coefficient (Wildman–Crippen LogP) is 2.29. The van der Waals surface area contributed by atoms with Gasteiger partial charge in [0.05, 0.1) is 74.7 Å². The normalized spacial score (nSPS) is 11.9. The third-order valence-electron chi connectivity index (χ3n) is 6.50. The van der Waals surface area contributed by atoms with Crippen molar-refractivity contribution in [3.05, 3.63) is 88.8 Å². The number of hydrogen-bond donors (Lipinski definition) is 0. The summed E-state index contributed by atoms with van der Waals surface area (Å²) in [4.78, 5) is 63.0. The van der Waals surface area contributed by atoms with E-state index in [-0.39, 0.29) is 17.1 Å². The van der Waals surface area contributed by atoms with Gasteiger partial charge in [0.15, 0.2) is 20.2 Å². The Morgan fingerprint density at radius 3 is 0.983 bits per heavy atom. The second-order valence-electron chi connectivity index (χ2n) is 10.6. The van der Waals surface area contributed by atoms with Gasteiger partial charge < -0.3 is 23.3 Å². The maximum absolute atomic E-state index is 11.6. The van der Waals surface area contributed by atoms with Crippen LogP contribution in [0.4, 0.5) is 26.3 Å². The third kappa shape index (κ3) is 21.1. The molecule has 329 valence electrons. The number of aromatic nitrogens is 3. The number of esters is 3. The summed E-state index contributed by atoms with van der Waals surface area (Å²) in [5.74, 6) is -1.33. The van der Waals surface area contributed by atoms with E-state index < -0.39 is 49.2 Å². The van der Waals surface area contributed by atoms with Gasteiger partial charge in [-0.05, 0) is 36.4 Å². The fraction of sp³-hybridized carbons (Fsp3) is 0.344. The van der Waals surface area contributed by atoms with E-state index in [2.05, 4.69) is 49.0 Å². The average molecular weight is 941 g/mol. The fourth-order valence-electron chi connectivity index (χ4n) is 3.57. The summed E-state index contributed by atoms with van der Waals surface area (Å²) in [6.45, 7) is 3.50. The van der Waals surface area contributed by atoms with E-state index in [1.54, 1.807) is 55.0 Å². The van der Waals surface area contributed by atoms with Crippen molar-refractivity contribution >= 4 is 56.8 Å². The number of alkyl halides is 6. The molecule has 19 nitrogen and oxygen atoms in total. The number of methoxy groups -OCH3 is 3. The monoisotopic (exact) mass is 940 g/mol. The number of halogens is 6. The first-order chi connectivity index (χ1) is 27.4. The van der Waals surface area contributed by atoms with Gasteiger partial charge in [-0.1, -0.05) is 0 Å². The van der Waals surface area contributed by atoms with E-state index in [0.717, 1.165) is 0 Å². The van der Waals surface area contributed by atoms with Gasteiger partial charge in [0.1, 0.15) is 0 Å². The van der Waals surface area contributed by atoms with Crippen molar-refractivity contribution in [1.29, 1.82) is 0 Å². The minimum atomic E-state index is -6.09. The van der Waals surface area contributed by atoms with Crippen LogP contribution in [-0.4, -0.2) is 154 Å². The minimum Gasteiger partial charge on any atom is -0.741 e. The van der Waals surface area contributed by atoms with Crippen LogP contribution in [-0.2, 0) is 51.5 Å². The molecule has 0 aliphatic rings. The van der Waals surface area contributed by atoms with Crippen LogP contribution in [0.1, 0.15) is 48.2 Å². The average Bonchev–Trinajstić information content (AvgIpc) is 3.18. The first-order valence-corrected chi connectivity index (χ1v) is 18.6. The third-order valence-corrected chi connectivity index (χ3v) is 7.63. The van der Waals surface area contributed by atoms with Crippen LogP contribution in [0.3, 0.4) is 0 Å². The van der Waals surface area contributed by atoms with E-state index in [0.29, 0.717) is 73.0 Å². The van der Waals surface area contributed by atoms with E-state index in [1.807, 2.05) is 0 Å². The van der Waals surface area contributed by atoms with Crippen LogP contribution >= 0.6 is 0 Å². The zero-order valence-corrected chi connectivity index (χ0v) is 34.0. The summed E-state index contributed by atoms with van der Waals surface area (Å²) in [5, 5.41) is 0. The molecule has 0 atom stereocenters. The molecule has 0 saturated carbocycles. The standard InChI is InChI=1S/C30H33N7O6.2CHF3O3S.Mn/c1-41-28(38)22-4-7-25(34-16-22)19-31-10-13-37(14-11-32-20-26-8-5-23(17-35-26)29(39)42-2)15-12-33-21-27-9-6-24(18-36-27)30(40)43-3;2*2-1(3,4)8(5,6)7;/h4-9,16-21H,10-15H2,1-3H3;2*(H,5,6,7);/q;;;+2/p-2. The maximum Gasteiger partial charge on any atom is 2.00 e. The Labute approximate surface area is 349 Å². The zero-order chi connectivity index (χ0) is 44.9. The van der Waals surface area contributed by atoms with Gasteiger partial charge in [-0.15, -0.1) is 0 Å². The topological polar surface area (TPSA) is 272 Å². The smallest absolute Gasteiger partial charge is 0.741 e. The SMILES string of the molecule is COC(=O)c1ccc(C=NCCN(CCN=Cc2ccc(C(=O)OC)cn2)CCN=Cc2ccc(C(=O)OC)cn2)nc1.O=S(=O)([O-])C(F)(F)F.O=S(=O)([O-])C(F)(F)F.[Mn+2]. The molecule has 0 fully saturated rings. The summed E-state index contributed by atoms with van der Waals surface area (Å²) in [5.41, 5.74) is -8.29. The molecule has 3 heterocycles. The molecule has 0 aliphatic heterocycles. The molecule has 0 N–H and O–H groups in total. The summed E-state index contributed by atoms with van der Waals surface area (Å²) in [6.07, 6.45) is 9.32. The van der Waals surface area contributed by atoms with Gasteiger partial charge in [-0.2, -0.15) is 26.3 Å². The Morgan fingerprint density at radius 1 is 0.583 bits per heavy atom. The Balaban J connectivity index is 0.00000172. The fourth-order valence-corrected chi connectivity index (χ4v) is 3.57. The molecule has 0 aliphatic carbocycles. The van der Waals surface area contributed by atoms with Crippen LogP contribution in [0.25, 0.3) is 0 Å². The van der Waals surface area contributed by atoms with Gasteiger partial charge in [-0.25, -0.2) is 31.2 Å². The van der Waals surface area contributed by atoms with E-state index in [9.17, 15) is 40.7 Å². The van der Waals surface area contributed by atoms with Crippen molar-refractivity contribution in [1.82, 2.24) is 19.9 Å². The van der Waals surface area contributed by atoms with Gasteiger partial charge in [0.2, 0.25) is 0 Å². The quantitative estimate of drug-likeness (QED) is 0.0402. The number of ether oxygens (including phenoxy) is 3. The number of nitrogens with zero attached hydrogens (tertiary/aromatic N) is 7. The molecule has 0 bridgehead atoms. The summed E-state index contributed by atoms with van der Waals surface area (Å²) < 4.78 is 132. The summed E-state index contributed by atoms with van der Waals surface area (Å²) in [6, 6.07) is 10.0. The van der Waals surface area contributed by atoms with E-state index in [4.69, 9.17) is 25.9 Å². The molecule has 0 amide bonds. The summed E-state index contributed by atoms with van der Waals surface area (Å²) in [7, 11) is -8.22. The molecule has 3 rings (SSSR count). The molecular formula is C32H33F6MnN7O12S2. The number of hydrogen-bond acceptors (Lipinski definition) is 19. The van der Waals surface area contributed by atoms with Crippen molar-refractivity contribution in [2.24, 2.45) is 15.0 Å².